The molecule has 24 heavy (non-hydrogen) atoms. The molecule has 0 amide bonds. The van der Waals surface area contributed by atoms with Crippen molar-refractivity contribution in [2.45, 2.75) is 6.42 Å². The van der Waals surface area contributed by atoms with Crippen LogP contribution in [0.1, 0.15) is 16.7 Å². The number of hydrogen-bond acceptors (Lipinski definition) is 4. The standard InChI is InChI=1S/C18H16N2O2S2/c21-24(22)11-10-20-17(13-23-18(20)19-24)16-8-6-15(7-9-16)12-14-4-2-1-3-5-14/h1-9,13H,10-12H2. The molecule has 2 aromatic carbocycles. The van der Waals surface area contributed by atoms with Gasteiger partial charge in [-0.1, -0.05) is 66.4 Å². The molecule has 2 aromatic rings. The van der Waals surface area contributed by atoms with Crippen molar-refractivity contribution in [1.29, 1.82) is 0 Å². The molecule has 2 aliphatic rings. The predicted molar refractivity (Wildman–Crippen MR) is 99.2 cm³/mol. The number of fused-ring (bicyclic) bond motifs is 1. The summed E-state index contributed by atoms with van der Waals surface area (Å²) in [6.45, 7) is 0.464. The molecule has 4 rings (SSSR count). The fourth-order valence-electron chi connectivity index (χ4n) is 2.85. The largest absolute Gasteiger partial charge is 0.318 e. The zero-order valence-electron chi connectivity index (χ0n) is 12.9. The summed E-state index contributed by atoms with van der Waals surface area (Å²) in [5, 5.41) is 2.54. The second kappa shape index (κ2) is 6.11. The molecule has 0 aliphatic carbocycles. The van der Waals surface area contributed by atoms with Gasteiger partial charge in [-0.3, -0.25) is 0 Å². The van der Waals surface area contributed by atoms with Crippen LogP contribution in [0, 0.1) is 0 Å². The lowest BCUT2D eigenvalue weighted by Crippen LogP contribution is -2.34. The third kappa shape index (κ3) is 3.12. The van der Waals surface area contributed by atoms with Gasteiger partial charge in [0.05, 0.1) is 11.4 Å². The van der Waals surface area contributed by atoms with Gasteiger partial charge in [-0.05, 0) is 23.1 Å². The molecule has 0 saturated heterocycles. The summed E-state index contributed by atoms with van der Waals surface area (Å²) in [4.78, 5) is 1.98. The lowest BCUT2D eigenvalue weighted by molar-refractivity contribution is 0.567. The lowest BCUT2D eigenvalue weighted by atomic mass is 10.0. The molecule has 0 aromatic heterocycles. The van der Waals surface area contributed by atoms with Crippen molar-refractivity contribution in [2.24, 2.45) is 4.40 Å². The van der Waals surface area contributed by atoms with Gasteiger partial charge in [0.2, 0.25) is 0 Å². The van der Waals surface area contributed by atoms with Gasteiger partial charge in [-0.2, -0.15) is 0 Å². The Hall–Kier alpha value is -2.05. The molecule has 122 valence electrons. The lowest BCUT2D eigenvalue weighted by Gasteiger charge is -2.25. The fraction of sp³-hybridized carbons (Fsp3) is 0.167. The highest BCUT2D eigenvalue weighted by atomic mass is 32.2. The molecule has 0 atom stereocenters. The van der Waals surface area contributed by atoms with E-state index >= 15 is 0 Å². The third-order valence-electron chi connectivity index (χ3n) is 4.09. The number of nitrogens with zero attached hydrogens (tertiary/aromatic N) is 2. The van der Waals surface area contributed by atoms with Crippen molar-refractivity contribution < 1.29 is 8.42 Å². The van der Waals surface area contributed by atoms with Crippen LogP contribution in [0.2, 0.25) is 0 Å². The molecule has 0 radical (unpaired) electrons. The maximum absolute atomic E-state index is 11.6. The second-order valence-electron chi connectivity index (χ2n) is 5.79. The molecule has 0 saturated carbocycles. The first-order valence-corrected chi connectivity index (χ1v) is 10.2. The van der Waals surface area contributed by atoms with Crippen molar-refractivity contribution in [3.05, 3.63) is 76.7 Å². The number of amidine groups is 1. The maximum Gasteiger partial charge on any atom is 0.257 e. The SMILES string of the molecule is O=S1(=O)CCN2C(c3ccc(Cc4ccccc4)cc3)=CSC2=N1. The van der Waals surface area contributed by atoms with E-state index < -0.39 is 10.0 Å². The zero-order chi connectivity index (χ0) is 16.6. The van der Waals surface area contributed by atoms with E-state index in [4.69, 9.17) is 0 Å². The number of sulfonamides is 1. The van der Waals surface area contributed by atoms with Crippen LogP contribution in [0.4, 0.5) is 0 Å². The van der Waals surface area contributed by atoms with Crippen LogP contribution in [0.25, 0.3) is 5.70 Å². The third-order valence-corrected chi connectivity index (χ3v) is 6.22. The normalized spacial score (nSPS) is 18.8. The fourth-order valence-corrected chi connectivity index (χ4v) is 5.00. The number of thioether (sulfide) groups is 1. The van der Waals surface area contributed by atoms with Crippen molar-refractivity contribution in [2.75, 3.05) is 12.3 Å². The Balaban J connectivity index is 1.54. The van der Waals surface area contributed by atoms with Gasteiger partial charge in [0.15, 0.2) is 5.17 Å². The van der Waals surface area contributed by atoms with E-state index in [1.807, 2.05) is 16.4 Å². The number of hydrogen-bond donors (Lipinski definition) is 0. The monoisotopic (exact) mass is 356 g/mol. The minimum atomic E-state index is -3.29. The summed E-state index contributed by atoms with van der Waals surface area (Å²) < 4.78 is 27.1. The van der Waals surface area contributed by atoms with Crippen molar-refractivity contribution >= 4 is 32.6 Å². The van der Waals surface area contributed by atoms with Crippen LogP contribution < -0.4 is 0 Å². The van der Waals surface area contributed by atoms with Crippen LogP contribution >= 0.6 is 11.8 Å². The number of rotatable bonds is 3. The molecule has 0 N–H and O–H groups in total. The quantitative estimate of drug-likeness (QED) is 0.846. The van der Waals surface area contributed by atoms with Crippen LogP contribution in [-0.4, -0.2) is 30.8 Å². The molecule has 6 heteroatoms. The molecule has 4 nitrogen and oxygen atoms in total. The first-order chi connectivity index (χ1) is 11.6. The second-order valence-corrected chi connectivity index (χ2v) is 8.38. The molecular formula is C18H16N2O2S2. The number of benzene rings is 2. The first-order valence-electron chi connectivity index (χ1n) is 7.71. The molecule has 2 heterocycles. The molecule has 0 spiro atoms. The smallest absolute Gasteiger partial charge is 0.257 e. The zero-order valence-corrected chi connectivity index (χ0v) is 14.6. The minimum Gasteiger partial charge on any atom is -0.318 e. The van der Waals surface area contributed by atoms with Crippen molar-refractivity contribution in [1.82, 2.24) is 4.90 Å². The summed E-state index contributed by atoms with van der Waals surface area (Å²) in [7, 11) is -3.29. The Morgan fingerprint density at radius 1 is 1.00 bits per heavy atom. The Morgan fingerprint density at radius 2 is 1.71 bits per heavy atom. The van der Waals surface area contributed by atoms with E-state index in [9.17, 15) is 8.42 Å². The van der Waals surface area contributed by atoms with E-state index in [2.05, 4.69) is 52.9 Å². The molecular weight excluding hydrogens is 340 g/mol. The van der Waals surface area contributed by atoms with Gasteiger partial charge in [0.25, 0.3) is 10.0 Å². The molecule has 0 fully saturated rings. The van der Waals surface area contributed by atoms with E-state index in [1.165, 1.54) is 22.9 Å². The average Bonchev–Trinajstić information content (AvgIpc) is 2.98. The molecule has 0 unspecified atom stereocenters. The van der Waals surface area contributed by atoms with E-state index in [1.54, 1.807) is 0 Å². The highest BCUT2D eigenvalue weighted by Crippen LogP contribution is 2.35. The summed E-state index contributed by atoms with van der Waals surface area (Å²) >= 11 is 1.37. The van der Waals surface area contributed by atoms with E-state index in [0.717, 1.165) is 17.7 Å². The Labute approximate surface area is 146 Å². The van der Waals surface area contributed by atoms with Crippen LogP contribution in [0.15, 0.2) is 64.4 Å². The van der Waals surface area contributed by atoms with Gasteiger partial charge in [-0.15, -0.1) is 4.40 Å². The van der Waals surface area contributed by atoms with Gasteiger partial charge in [0, 0.05) is 12.0 Å². The summed E-state index contributed by atoms with van der Waals surface area (Å²) in [5.41, 5.74) is 4.66. The van der Waals surface area contributed by atoms with Gasteiger partial charge in [-0.25, -0.2) is 8.42 Å². The predicted octanol–water partition coefficient (Wildman–Crippen LogP) is 3.32. The van der Waals surface area contributed by atoms with Crippen LogP contribution in [0.5, 0.6) is 0 Å². The Kier molecular flexibility index (Phi) is 3.94. The van der Waals surface area contributed by atoms with Gasteiger partial charge < -0.3 is 4.90 Å². The van der Waals surface area contributed by atoms with Gasteiger partial charge >= 0.3 is 0 Å². The maximum atomic E-state index is 11.6. The van der Waals surface area contributed by atoms with Gasteiger partial charge in [0.1, 0.15) is 0 Å². The summed E-state index contributed by atoms with van der Waals surface area (Å²) in [6.07, 6.45) is 0.906. The molecule has 2 aliphatic heterocycles. The topological polar surface area (TPSA) is 49.7 Å². The van der Waals surface area contributed by atoms with E-state index in [-0.39, 0.29) is 5.75 Å². The summed E-state index contributed by atoms with van der Waals surface area (Å²) in [6, 6.07) is 18.8. The average molecular weight is 356 g/mol. The van der Waals surface area contributed by atoms with Crippen LogP contribution in [-0.2, 0) is 16.4 Å². The Bertz CT molecular complexity index is 917. The minimum absolute atomic E-state index is 0.0699. The van der Waals surface area contributed by atoms with Crippen LogP contribution in [0.3, 0.4) is 0 Å². The van der Waals surface area contributed by atoms with Crippen molar-refractivity contribution in [3.63, 3.8) is 0 Å². The van der Waals surface area contributed by atoms with Crippen molar-refractivity contribution in [3.8, 4) is 0 Å². The highest BCUT2D eigenvalue weighted by Gasteiger charge is 2.31. The van der Waals surface area contributed by atoms with E-state index in [0.29, 0.717) is 11.7 Å². The first kappa shape index (κ1) is 15.5. The molecule has 0 bridgehead atoms. The summed E-state index contributed by atoms with van der Waals surface area (Å²) in [5.74, 6) is 0.0699. The Morgan fingerprint density at radius 3 is 2.46 bits per heavy atom. The highest BCUT2D eigenvalue weighted by molar-refractivity contribution is 8.17.